The third kappa shape index (κ3) is 5.90. The smallest absolute Gasteiger partial charge is 0.142 e. The Morgan fingerprint density at radius 2 is 1.07 bits per heavy atom. The van der Waals surface area contributed by atoms with Crippen LogP contribution >= 0.6 is 0 Å². The zero-order valence-electron chi connectivity index (χ0n) is 32.8. The third-order valence-corrected chi connectivity index (χ3v) is 11.8. The Labute approximate surface area is 342 Å². The molecule has 3 nitrogen and oxygen atoms in total. The van der Waals surface area contributed by atoms with Crippen LogP contribution in [0.25, 0.3) is 93.2 Å². The molecule has 0 saturated carbocycles. The molecular weight excluding hydrogens is 719 g/mol. The van der Waals surface area contributed by atoms with Crippen molar-refractivity contribution < 1.29 is 8.83 Å². The highest BCUT2D eigenvalue weighted by atomic mass is 16.3. The fourth-order valence-corrected chi connectivity index (χ4v) is 8.89. The molecule has 280 valence electrons. The second-order valence-corrected chi connectivity index (χ2v) is 15.3. The van der Waals surface area contributed by atoms with Crippen molar-refractivity contribution in [2.24, 2.45) is 0 Å². The van der Waals surface area contributed by atoms with Crippen molar-refractivity contribution in [2.45, 2.75) is 13.8 Å². The van der Waals surface area contributed by atoms with E-state index in [1.807, 2.05) is 24.3 Å². The van der Waals surface area contributed by atoms with E-state index in [4.69, 9.17) is 8.83 Å². The van der Waals surface area contributed by atoms with Crippen LogP contribution in [0.2, 0.25) is 0 Å². The number of furan rings is 2. The Morgan fingerprint density at radius 1 is 0.424 bits per heavy atom. The molecule has 59 heavy (non-hydrogen) atoms. The summed E-state index contributed by atoms with van der Waals surface area (Å²) in [6, 6.07) is 67.0. The van der Waals surface area contributed by atoms with Gasteiger partial charge in [0.25, 0.3) is 0 Å². The average Bonchev–Trinajstić information content (AvgIpc) is 3.86. The normalized spacial score (nSPS) is 12.4. The summed E-state index contributed by atoms with van der Waals surface area (Å²) in [6.07, 6.45) is 4.44. The molecule has 0 atom stereocenters. The number of rotatable bonds is 7. The van der Waals surface area contributed by atoms with Crippen molar-refractivity contribution in [3.8, 4) is 22.3 Å². The Kier molecular flexibility index (Phi) is 8.27. The highest BCUT2D eigenvalue weighted by Gasteiger charge is 2.21. The van der Waals surface area contributed by atoms with Gasteiger partial charge in [-0.2, -0.15) is 0 Å². The van der Waals surface area contributed by atoms with Crippen LogP contribution in [0.1, 0.15) is 19.4 Å². The fourth-order valence-electron chi connectivity index (χ4n) is 8.89. The molecule has 0 aliphatic rings. The van der Waals surface area contributed by atoms with E-state index in [2.05, 4.69) is 195 Å². The highest BCUT2D eigenvalue weighted by molar-refractivity contribution is 6.14. The third-order valence-electron chi connectivity index (χ3n) is 11.8. The first-order valence-electron chi connectivity index (χ1n) is 20.2. The molecule has 0 saturated heterocycles. The Balaban J connectivity index is 1.14. The van der Waals surface area contributed by atoms with Crippen molar-refractivity contribution in [3.05, 3.63) is 211 Å². The van der Waals surface area contributed by atoms with Gasteiger partial charge in [0.05, 0.1) is 5.69 Å². The van der Waals surface area contributed by atoms with Crippen LogP contribution in [-0.4, -0.2) is 0 Å². The minimum absolute atomic E-state index is 0.850. The molecule has 0 radical (unpaired) electrons. The van der Waals surface area contributed by atoms with E-state index >= 15 is 0 Å². The van der Waals surface area contributed by atoms with Gasteiger partial charge in [0.1, 0.15) is 22.3 Å². The number of fused-ring (bicyclic) bond motifs is 9. The first-order valence-corrected chi connectivity index (χ1v) is 20.2. The van der Waals surface area contributed by atoms with Gasteiger partial charge < -0.3 is 13.7 Å². The number of nitrogens with zero attached hydrogens (tertiary/aromatic N) is 1. The van der Waals surface area contributed by atoms with E-state index in [0.717, 1.165) is 88.8 Å². The minimum Gasteiger partial charge on any atom is -0.456 e. The topological polar surface area (TPSA) is 29.5 Å². The molecule has 0 spiro atoms. The van der Waals surface area contributed by atoms with Gasteiger partial charge in [-0.1, -0.05) is 152 Å². The predicted octanol–water partition coefficient (Wildman–Crippen LogP) is 16.3. The van der Waals surface area contributed by atoms with Gasteiger partial charge in [-0.25, -0.2) is 0 Å². The van der Waals surface area contributed by atoms with Gasteiger partial charge in [-0.05, 0) is 100 Å². The van der Waals surface area contributed by atoms with Gasteiger partial charge in [-0.3, -0.25) is 0 Å². The molecule has 0 bridgehead atoms. The summed E-state index contributed by atoms with van der Waals surface area (Å²) in [4.78, 5) is 2.38. The minimum atomic E-state index is 0.850. The van der Waals surface area contributed by atoms with Gasteiger partial charge in [0.15, 0.2) is 0 Å². The van der Waals surface area contributed by atoms with Crippen molar-refractivity contribution >= 4 is 82.4 Å². The average molecular weight is 758 g/mol. The van der Waals surface area contributed by atoms with Crippen molar-refractivity contribution in [1.82, 2.24) is 0 Å². The number of anilines is 2. The van der Waals surface area contributed by atoms with E-state index in [1.54, 1.807) is 0 Å². The molecule has 3 heteroatoms. The molecular formula is C56H39NO2. The predicted molar refractivity (Wildman–Crippen MR) is 249 cm³/mol. The first kappa shape index (κ1) is 34.6. The van der Waals surface area contributed by atoms with Crippen LogP contribution in [0.4, 0.5) is 11.4 Å². The highest BCUT2D eigenvalue weighted by Crippen LogP contribution is 2.44. The number of para-hydroxylation sites is 3. The largest absolute Gasteiger partial charge is 0.456 e. The lowest BCUT2D eigenvalue weighted by Gasteiger charge is -2.29. The molecule has 0 N–H and O–H groups in total. The molecule has 11 aromatic rings. The van der Waals surface area contributed by atoms with Gasteiger partial charge >= 0.3 is 0 Å². The summed E-state index contributed by atoms with van der Waals surface area (Å²) < 4.78 is 13.0. The number of hydrogen-bond donors (Lipinski definition) is 0. The van der Waals surface area contributed by atoms with Crippen LogP contribution in [0.15, 0.2) is 215 Å². The molecule has 0 amide bonds. The summed E-state index contributed by atoms with van der Waals surface area (Å²) >= 11 is 0. The maximum absolute atomic E-state index is 6.51. The first-order chi connectivity index (χ1) is 29.1. The molecule has 0 aliphatic carbocycles. The molecule has 0 aliphatic heterocycles. The summed E-state index contributed by atoms with van der Waals surface area (Å²) in [5.41, 5.74) is 13.5. The molecule has 0 unspecified atom stereocenters. The van der Waals surface area contributed by atoms with Crippen LogP contribution in [0.5, 0.6) is 0 Å². The summed E-state index contributed by atoms with van der Waals surface area (Å²) in [5, 5.41) is 9.41. The van der Waals surface area contributed by atoms with E-state index in [9.17, 15) is 0 Å². The Hall–Kier alpha value is -7.62. The Morgan fingerprint density at radius 3 is 1.88 bits per heavy atom. The quantitative estimate of drug-likeness (QED) is 0.120. The molecule has 11 rings (SSSR count). The summed E-state index contributed by atoms with van der Waals surface area (Å²) in [5.74, 6) is 0. The number of hydrogen-bond acceptors (Lipinski definition) is 3. The summed E-state index contributed by atoms with van der Waals surface area (Å²) in [7, 11) is 0. The standard InChI is InChI=1S/C56H39NO2/c1-36(42-23-14-24-50-48-22-11-13-26-54(48)59-56(42)50)27-28-37(2)57(41-30-32-49-47-21-10-12-25-53(47)58-55(49)35-41)52-34-40(29-31-44(52)38-15-4-3-5-16-38)51-33-39-17-6-7-18-43(39)45-19-8-9-20-46(45)51/h3-35H,1-2H3/b36-27+,37-28+. The zero-order chi connectivity index (χ0) is 39.5. The Bertz CT molecular complexity index is 3470. The van der Waals surface area contributed by atoms with Crippen LogP contribution in [-0.2, 0) is 0 Å². The maximum atomic E-state index is 6.51. The second kappa shape index (κ2) is 14.1. The lowest BCUT2D eigenvalue weighted by Crippen LogP contribution is -2.15. The molecule has 9 aromatic carbocycles. The lowest BCUT2D eigenvalue weighted by molar-refractivity contribution is 0.667. The second-order valence-electron chi connectivity index (χ2n) is 15.3. The van der Waals surface area contributed by atoms with Crippen LogP contribution < -0.4 is 4.90 Å². The van der Waals surface area contributed by atoms with E-state index in [-0.39, 0.29) is 0 Å². The van der Waals surface area contributed by atoms with E-state index in [1.165, 1.54) is 27.1 Å². The monoisotopic (exact) mass is 757 g/mol. The van der Waals surface area contributed by atoms with Crippen molar-refractivity contribution in [3.63, 3.8) is 0 Å². The SMILES string of the molecule is C/C(=C\C=C(/C)N(c1ccc2c(c1)oc1ccccc12)c1cc(-c2cc3ccccc3c3ccccc23)ccc1-c1ccccc1)c1cccc2c1oc1ccccc12. The van der Waals surface area contributed by atoms with E-state index in [0.29, 0.717) is 0 Å². The number of allylic oxidation sites excluding steroid dienone is 4. The zero-order valence-corrected chi connectivity index (χ0v) is 32.8. The molecule has 2 aromatic heterocycles. The van der Waals surface area contributed by atoms with Crippen molar-refractivity contribution in [1.29, 1.82) is 0 Å². The maximum Gasteiger partial charge on any atom is 0.142 e. The van der Waals surface area contributed by atoms with Gasteiger partial charge in [0, 0.05) is 50.1 Å². The van der Waals surface area contributed by atoms with Gasteiger partial charge in [0.2, 0.25) is 0 Å². The molecule has 0 fully saturated rings. The van der Waals surface area contributed by atoms with Crippen LogP contribution in [0, 0.1) is 0 Å². The van der Waals surface area contributed by atoms with Gasteiger partial charge in [-0.15, -0.1) is 0 Å². The van der Waals surface area contributed by atoms with Crippen molar-refractivity contribution in [2.75, 3.05) is 4.90 Å². The lowest BCUT2D eigenvalue weighted by atomic mass is 9.91. The van der Waals surface area contributed by atoms with E-state index < -0.39 is 0 Å². The fraction of sp³-hybridized carbons (Fsp3) is 0.0357. The summed E-state index contributed by atoms with van der Waals surface area (Å²) in [6.45, 7) is 4.36. The molecule has 2 heterocycles. The number of benzene rings is 9. The van der Waals surface area contributed by atoms with Crippen LogP contribution in [0.3, 0.4) is 0 Å².